The van der Waals surface area contributed by atoms with Crippen LogP contribution >= 0.6 is 23.2 Å². The Labute approximate surface area is 218 Å². The fourth-order valence-corrected chi connectivity index (χ4v) is 3.70. The molecule has 0 saturated carbocycles. The first-order valence-corrected chi connectivity index (χ1v) is 11.9. The van der Waals surface area contributed by atoms with Crippen LogP contribution in [0.1, 0.15) is 28.9 Å². The van der Waals surface area contributed by atoms with Crippen LogP contribution in [0.2, 0.25) is 10.2 Å². The van der Waals surface area contributed by atoms with E-state index < -0.39 is 5.91 Å². The van der Waals surface area contributed by atoms with Crippen LogP contribution in [0.15, 0.2) is 47.5 Å². The molecule has 0 unspecified atom stereocenters. The predicted molar refractivity (Wildman–Crippen MR) is 142 cm³/mol. The van der Waals surface area contributed by atoms with Gasteiger partial charge in [-0.2, -0.15) is 0 Å². The first-order valence-electron chi connectivity index (χ1n) is 11.1. The van der Waals surface area contributed by atoms with Crippen LogP contribution in [0.3, 0.4) is 0 Å². The number of ether oxygens (including phenoxy) is 1. The number of hydrogen-bond acceptors (Lipinski definition) is 8. The molecule has 10 nitrogen and oxygen atoms in total. The maximum atomic E-state index is 12.2. The highest BCUT2D eigenvalue weighted by Crippen LogP contribution is 2.31. The van der Waals surface area contributed by atoms with E-state index in [-0.39, 0.29) is 41.7 Å². The van der Waals surface area contributed by atoms with E-state index in [0.29, 0.717) is 17.3 Å². The molecule has 12 heteroatoms. The summed E-state index contributed by atoms with van der Waals surface area (Å²) in [6.45, 7) is 0.608. The zero-order valence-corrected chi connectivity index (χ0v) is 20.9. The Hall–Kier alpha value is -3.60. The van der Waals surface area contributed by atoms with Crippen molar-refractivity contribution >= 4 is 46.7 Å². The molecule has 3 rings (SSSR count). The number of rotatable bonds is 10. The number of nitrogens with one attached hydrogen (secondary N) is 1. The number of aryl methyl sites for hydroxylation is 1. The minimum absolute atomic E-state index is 0.0526. The third kappa shape index (κ3) is 7.45. The molecule has 1 heterocycles. The van der Waals surface area contributed by atoms with E-state index in [1.807, 2.05) is 24.3 Å². The average molecular weight is 532 g/mol. The number of carbonyl (C=O) groups is 1. The lowest BCUT2D eigenvalue weighted by molar-refractivity contribution is 0.0972. The lowest BCUT2D eigenvalue weighted by Crippen LogP contribution is -2.38. The number of amides is 1. The van der Waals surface area contributed by atoms with Crippen molar-refractivity contribution in [3.05, 3.63) is 63.9 Å². The van der Waals surface area contributed by atoms with E-state index in [1.165, 1.54) is 5.56 Å². The average Bonchev–Trinajstić information content (AvgIpc) is 2.85. The predicted octanol–water partition coefficient (Wildman–Crippen LogP) is 3.05. The summed E-state index contributed by atoms with van der Waals surface area (Å²) in [7, 11) is 0. The van der Waals surface area contributed by atoms with Crippen molar-refractivity contribution in [1.29, 1.82) is 0 Å². The van der Waals surface area contributed by atoms with E-state index in [9.17, 15) is 4.79 Å². The number of nitrogen functional groups attached to an aromatic ring is 2. The summed E-state index contributed by atoms with van der Waals surface area (Å²) in [5.41, 5.74) is 19.8. The zero-order chi connectivity index (χ0) is 26.1. The Morgan fingerprint density at radius 2 is 1.81 bits per heavy atom. The minimum atomic E-state index is -0.671. The number of benzene rings is 2. The van der Waals surface area contributed by atoms with E-state index in [4.69, 9.17) is 50.2 Å². The number of hydrogen-bond donors (Lipinski definition) is 5. The number of aliphatic imine (C=N–C) groups is 1. The molecule has 8 N–H and O–H groups in total. The van der Waals surface area contributed by atoms with Crippen molar-refractivity contribution in [3.63, 3.8) is 0 Å². The van der Waals surface area contributed by atoms with Crippen molar-refractivity contribution in [2.24, 2.45) is 10.7 Å². The number of carbonyl (C=O) groups excluding carboxylic acids is 1. The summed E-state index contributed by atoms with van der Waals surface area (Å²) < 4.78 is 5.39. The smallest absolute Gasteiger partial charge is 0.280 e. The van der Waals surface area contributed by atoms with Gasteiger partial charge in [0.15, 0.2) is 28.4 Å². The van der Waals surface area contributed by atoms with Gasteiger partial charge >= 0.3 is 0 Å². The number of aliphatic hydroxyl groups excluding tert-OH is 1. The summed E-state index contributed by atoms with van der Waals surface area (Å²) >= 11 is 12.2. The molecule has 36 heavy (non-hydrogen) atoms. The lowest BCUT2D eigenvalue weighted by atomic mass is 10.0. The minimum Gasteiger partial charge on any atom is -0.491 e. The van der Waals surface area contributed by atoms with Crippen LogP contribution in [-0.2, 0) is 6.42 Å². The summed E-state index contributed by atoms with van der Waals surface area (Å²) in [5.74, 6) is -0.326. The first kappa shape index (κ1) is 27.0. The van der Waals surface area contributed by atoms with Crippen LogP contribution in [0.4, 0.5) is 11.6 Å². The first-order chi connectivity index (χ1) is 17.3. The van der Waals surface area contributed by atoms with Gasteiger partial charge in [-0.05, 0) is 48.6 Å². The van der Waals surface area contributed by atoms with Gasteiger partial charge in [0.25, 0.3) is 5.91 Å². The van der Waals surface area contributed by atoms with Crippen LogP contribution in [0.25, 0.3) is 11.1 Å². The van der Waals surface area contributed by atoms with E-state index in [1.54, 1.807) is 6.07 Å². The Morgan fingerprint density at radius 1 is 1.06 bits per heavy atom. The van der Waals surface area contributed by atoms with Gasteiger partial charge in [0, 0.05) is 12.1 Å². The van der Waals surface area contributed by atoms with Crippen LogP contribution in [0.5, 0.6) is 5.75 Å². The van der Waals surface area contributed by atoms with Gasteiger partial charge in [-0.3, -0.25) is 15.1 Å². The van der Waals surface area contributed by atoms with Crippen molar-refractivity contribution < 1.29 is 14.6 Å². The molecule has 0 radical (unpaired) electrons. The van der Waals surface area contributed by atoms with Gasteiger partial charge in [0.05, 0.1) is 11.6 Å². The van der Waals surface area contributed by atoms with Crippen LogP contribution in [-0.4, -0.2) is 46.7 Å². The molecule has 0 atom stereocenters. The molecule has 0 aliphatic rings. The number of halogens is 2. The molecule has 3 aromatic rings. The molecule has 0 aliphatic carbocycles. The molecular formula is C24H27Cl2N7O3. The van der Waals surface area contributed by atoms with Gasteiger partial charge in [-0.15, -0.1) is 0 Å². The molecule has 0 spiro atoms. The highest BCUT2D eigenvalue weighted by molar-refractivity contribution is 6.33. The molecule has 0 fully saturated rings. The number of anilines is 2. The zero-order valence-electron chi connectivity index (χ0n) is 19.4. The third-order valence-electron chi connectivity index (χ3n) is 5.08. The number of nitrogens with two attached hydrogens (primary N) is 3. The van der Waals surface area contributed by atoms with Gasteiger partial charge < -0.3 is 27.0 Å². The molecule has 1 aromatic heterocycles. The topological polar surface area (TPSA) is 175 Å². The summed E-state index contributed by atoms with van der Waals surface area (Å²) in [6.07, 6.45) is 2.52. The number of guanidine groups is 1. The summed E-state index contributed by atoms with van der Waals surface area (Å²) in [6, 6.07) is 13.6. The summed E-state index contributed by atoms with van der Waals surface area (Å²) in [4.78, 5) is 24.0. The molecule has 1 amide bonds. The number of unbranched alkanes of at least 4 members (excludes halogenated alkanes) is 1. The second-order valence-electron chi connectivity index (χ2n) is 7.72. The Kier molecular flexibility index (Phi) is 9.69. The molecule has 0 saturated heterocycles. The van der Waals surface area contributed by atoms with E-state index >= 15 is 0 Å². The second kappa shape index (κ2) is 12.9. The molecule has 190 valence electrons. The lowest BCUT2D eigenvalue weighted by Gasteiger charge is -2.09. The largest absolute Gasteiger partial charge is 0.491 e. The van der Waals surface area contributed by atoms with Crippen molar-refractivity contribution in [2.75, 3.05) is 31.2 Å². The quantitative estimate of drug-likeness (QED) is 0.150. The van der Waals surface area contributed by atoms with Gasteiger partial charge in [-0.1, -0.05) is 47.5 Å². The molecule has 0 bridgehead atoms. The highest BCUT2D eigenvalue weighted by Gasteiger charge is 2.16. The number of aromatic nitrogens is 2. The van der Waals surface area contributed by atoms with Crippen molar-refractivity contribution in [1.82, 2.24) is 15.3 Å². The number of nitrogens with zero attached hydrogens (tertiary/aromatic N) is 3. The number of aliphatic hydroxyl groups is 1. The van der Waals surface area contributed by atoms with Crippen LogP contribution < -0.4 is 27.3 Å². The fourth-order valence-electron chi connectivity index (χ4n) is 3.30. The van der Waals surface area contributed by atoms with Crippen molar-refractivity contribution in [3.8, 4) is 16.9 Å². The molecule has 2 aromatic carbocycles. The van der Waals surface area contributed by atoms with Gasteiger partial charge in [-0.25, -0.2) is 9.97 Å². The van der Waals surface area contributed by atoms with Crippen LogP contribution in [0, 0.1) is 0 Å². The van der Waals surface area contributed by atoms with E-state index in [0.717, 1.165) is 30.4 Å². The van der Waals surface area contributed by atoms with E-state index in [2.05, 4.69) is 32.4 Å². The fraction of sp³-hybridized carbons (Fsp3) is 0.250. The maximum Gasteiger partial charge on any atom is 0.280 e. The summed E-state index contributed by atoms with van der Waals surface area (Å²) in [5, 5.41) is 11.7. The Bertz CT molecular complexity index is 1240. The Balaban J connectivity index is 1.45. The highest BCUT2D eigenvalue weighted by atomic mass is 35.5. The second-order valence-corrected chi connectivity index (χ2v) is 8.49. The van der Waals surface area contributed by atoms with Gasteiger partial charge in [0.2, 0.25) is 0 Å². The van der Waals surface area contributed by atoms with Gasteiger partial charge in [0.1, 0.15) is 12.4 Å². The normalized spacial score (nSPS) is 11.4. The molecule has 0 aliphatic heterocycles. The van der Waals surface area contributed by atoms with Crippen molar-refractivity contribution in [2.45, 2.75) is 19.3 Å². The third-order valence-corrected chi connectivity index (χ3v) is 5.67. The molecular weight excluding hydrogens is 505 g/mol. The maximum absolute atomic E-state index is 12.2. The Morgan fingerprint density at radius 3 is 2.50 bits per heavy atom. The SMILES string of the molecule is NC(=NCCCCc1ccc(-c2ccc(OCCO)cc2Cl)cc1)NC(=O)c1nc(Cl)c(N)nc1N. The monoisotopic (exact) mass is 531 g/mol. The standard InChI is InChI=1S/C24H27Cl2N7O3/c25-18-13-16(36-12-11-34)8-9-17(18)15-6-4-14(5-7-15)3-1-2-10-30-24(29)33-23(35)19-21(27)32-22(28)20(26)31-19/h4-9,13,34H,1-3,10-12H2,(H4,27,28,32)(H3,29,30,33,35).